The highest BCUT2D eigenvalue weighted by molar-refractivity contribution is 9.10. The van der Waals surface area contributed by atoms with Gasteiger partial charge in [0.1, 0.15) is 0 Å². The molecular weight excluding hydrogens is 328 g/mol. The number of carbonyl (C=O) groups excluding carboxylic acids is 1. The van der Waals surface area contributed by atoms with Crippen LogP contribution in [-0.2, 0) is 6.54 Å². The van der Waals surface area contributed by atoms with Crippen molar-refractivity contribution in [2.45, 2.75) is 25.4 Å². The molecule has 0 heterocycles. The zero-order valence-electron chi connectivity index (χ0n) is 11.6. The van der Waals surface area contributed by atoms with Gasteiger partial charge in [0.15, 0.2) is 0 Å². The number of nitrogen functional groups attached to an aromatic ring is 1. The van der Waals surface area contributed by atoms with Crippen LogP contribution in [0, 0.1) is 0 Å². The van der Waals surface area contributed by atoms with Crippen LogP contribution in [0.4, 0.5) is 5.69 Å². The molecule has 0 aromatic heterocycles. The quantitative estimate of drug-likeness (QED) is 0.856. The fourth-order valence-corrected chi connectivity index (χ4v) is 2.84. The van der Waals surface area contributed by atoms with Gasteiger partial charge in [-0.15, -0.1) is 0 Å². The summed E-state index contributed by atoms with van der Waals surface area (Å²) in [7, 11) is 0. The number of anilines is 1. The minimum Gasteiger partial charge on any atom is -0.398 e. The lowest BCUT2D eigenvalue weighted by atomic mass is 10.1. The largest absolute Gasteiger partial charge is 0.398 e. The lowest BCUT2D eigenvalue weighted by Gasteiger charge is -2.23. The zero-order valence-corrected chi connectivity index (χ0v) is 13.2. The third kappa shape index (κ3) is 3.10. The monoisotopic (exact) mass is 344 g/mol. The van der Waals surface area contributed by atoms with Crippen LogP contribution in [-0.4, -0.2) is 16.8 Å². The summed E-state index contributed by atoms with van der Waals surface area (Å²) in [5.41, 5.74) is 8.27. The number of carbonyl (C=O) groups is 1. The van der Waals surface area contributed by atoms with Crippen molar-refractivity contribution in [2.75, 3.05) is 5.73 Å². The average molecular weight is 345 g/mol. The summed E-state index contributed by atoms with van der Waals surface area (Å²) in [5, 5.41) is 0. The Kier molecular flexibility index (Phi) is 3.97. The third-order valence-corrected chi connectivity index (χ3v) is 4.59. The molecule has 4 heteroatoms. The molecular formula is C17H17BrN2O. The van der Waals surface area contributed by atoms with Gasteiger partial charge in [0, 0.05) is 18.3 Å². The summed E-state index contributed by atoms with van der Waals surface area (Å²) in [5.74, 6) is 0.0422. The lowest BCUT2D eigenvalue weighted by Crippen LogP contribution is -2.32. The standard InChI is InChI=1S/C17H17BrN2O/c18-16-14(7-4-8-15(16)19)17(21)20(13-9-10-13)11-12-5-2-1-3-6-12/h1-8,13H,9-11,19H2. The number of benzene rings is 2. The van der Waals surface area contributed by atoms with Gasteiger partial charge >= 0.3 is 0 Å². The molecule has 0 saturated heterocycles. The fourth-order valence-electron chi connectivity index (χ4n) is 2.40. The molecule has 3 nitrogen and oxygen atoms in total. The van der Waals surface area contributed by atoms with E-state index < -0.39 is 0 Å². The molecule has 108 valence electrons. The maximum Gasteiger partial charge on any atom is 0.255 e. The van der Waals surface area contributed by atoms with Crippen molar-refractivity contribution >= 4 is 27.5 Å². The predicted octanol–water partition coefficient (Wildman–Crippen LogP) is 3.84. The maximum absolute atomic E-state index is 12.8. The van der Waals surface area contributed by atoms with Crippen LogP contribution in [0.5, 0.6) is 0 Å². The van der Waals surface area contributed by atoms with Gasteiger partial charge in [0.25, 0.3) is 5.91 Å². The van der Waals surface area contributed by atoms with E-state index in [0.717, 1.165) is 18.4 Å². The minimum absolute atomic E-state index is 0.0422. The Hall–Kier alpha value is -1.81. The predicted molar refractivity (Wildman–Crippen MR) is 87.9 cm³/mol. The van der Waals surface area contributed by atoms with Gasteiger partial charge in [0.2, 0.25) is 0 Å². The van der Waals surface area contributed by atoms with Gasteiger partial charge in [-0.25, -0.2) is 0 Å². The Bertz CT molecular complexity index is 653. The molecule has 0 unspecified atom stereocenters. The van der Waals surface area contributed by atoms with E-state index in [-0.39, 0.29) is 5.91 Å². The number of nitrogens with two attached hydrogens (primary N) is 1. The van der Waals surface area contributed by atoms with Gasteiger partial charge < -0.3 is 10.6 Å². The highest BCUT2D eigenvalue weighted by atomic mass is 79.9. The molecule has 1 fully saturated rings. The molecule has 2 aromatic carbocycles. The van der Waals surface area contributed by atoms with Crippen molar-refractivity contribution < 1.29 is 4.79 Å². The second-order valence-electron chi connectivity index (χ2n) is 5.36. The van der Waals surface area contributed by atoms with Crippen molar-refractivity contribution in [3.8, 4) is 0 Å². The Balaban J connectivity index is 1.87. The van der Waals surface area contributed by atoms with Gasteiger partial charge in [-0.1, -0.05) is 36.4 Å². The van der Waals surface area contributed by atoms with E-state index in [9.17, 15) is 4.79 Å². The molecule has 1 aliphatic rings. The van der Waals surface area contributed by atoms with Crippen LogP contribution < -0.4 is 5.73 Å². The van der Waals surface area contributed by atoms with Crippen LogP contribution in [0.3, 0.4) is 0 Å². The van der Waals surface area contributed by atoms with E-state index in [1.807, 2.05) is 35.2 Å². The summed E-state index contributed by atoms with van der Waals surface area (Å²) >= 11 is 3.43. The first kappa shape index (κ1) is 14.1. The Morgan fingerprint density at radius 3 is 2.52 bits per heavy atom. The summed E-state index contributed by atoms with van der Waals surface area (Å²) in [6.07, 6.45) is 2.16. The third-order valence-electron chi connectivity index (χ3n) is 3.70. The van der Waals surface area contributed by atoms with E-state index in [1.54, 1.807) is 6.07 Å². The zero-order chi connectivity index (χ0) is 14.8. The molecule has 0 bridgehead atoms. The molecule has 1 amide bonds. The molecule has 2 N–H and O–H groups in total. The number of rotatable bonds is 4. The van der Waals surface area contributed by atoms with E-state index >= 15 is 0 Å². The SMILES string of the molecule is Nc1cccc(C(=O)N(Cc2ccccc2)C2CC2)c1Br. The van der Waals surface area contributed by atoms with Crippen LogP contribution in [0.15, 0.2) is 53.0 Å². The Morgan fingerprint density at radius 1 is 1.14 bits per heavy atom. The first-order valence-corrected chi connectivity index (χ1v) is 7.85. The Labute approximate surface area is 132 Å². The van der Waals surface area contributed by atoms with E-state index in [1.165, 1.54) is 0 Å². The van der Waals surface area contributed by atoms with Crippen molar-refractivity contribution in [1.82, 2.24) is 4.90 Å². The van der Waals surface area contributed by atoms with E-state index in [2.05, 4.69) is 28.1 Å². The van der Waals surface area contributed by atoms with Crippen LogP contribution in [0.2, 0.25) is 0 Å². The van der Waals surface area contributed by atoms with Crippen LogP contribution >= 0.6 is 15.9 Å². The first-order valence-electron chi connectivity index (χ1n) is 7.05. The molecule has 0 radical (unpaired) electrons. The molecule has 21 heavy (non-hydrogen) atoms. The van der Waals surface area contributed by atoms with Crippen molar-refractivity contribution in [2.24, 2.45) is 0 Å². The minimum atomic E-state index is 0.0422. The highest BCUT2D eigenvalue weighted by Crippen LogP contribution is 2.32. The second-order valence-corrected chi connectivity index (χ2v) is 6.15. The average Bonchev–Trinajstić information content (AvgIpc) is 3.33. The second kappa shape index (κ2) is 5.90. The lowest BCUT2D eigenvalue weighted by molar-refractivity contribution is 0.0729. The Morgan fingerprint density at radius 2 is 1.86 bits per heavy atom. The van der Waals surface area contributed by atoms with Crippen molar-refractivity contribution in [3.63, 3.8) is 0 Å². The number of amides is 1. The number of hydrogen-bond donors (Lipinski definition) is 1. The number of nitrogens with zero attached hydrogens (tertiary/aromatic N) is 1. The van der Waals surface area contributed by atoms with Crippen LogP contribution in [0.25, 0.3) is 0 Å². The van der Waals surface area contributed by atoms with Gasteiger partial charge in [-0.2, -0.15) is 0 Å². The van der Waals surface area contributed by atoms with Gasteiger partial charge in [0.05, 0.1) is 10.0 Å². The molecule has 0 spiro atoms. The molecule has 1 saturated carbocycles. The van der Waals surface area contributed by atoms with Gasteiger partial charge in [-0.3, -0.25) is 4.79 Å². The molecule has 0 aliphatic heterocycles. The van der Waals surface area contributed by atoms with Crippen molar-refractivity contribution in [3.05, 3.63) is 64.1 Å². The molecule has 1 aliphatic carbocycles. The van der Waals surface area contributed by atoms with E-state index in [4.69, 9.17) is 5.73 Å². The topological polar surface area (TPSA) is 46.3 Å². The normalized spacial score (nSPS) is 14.0. The number of hydrogen-bond acceptors (Lipinski definition) is 2. The summed E-state index contributed by atoms with van der Waals surface area (Å²) in [6.45, 7) is 0.644. The number of halogens is 1. The van der Waals surface area contributed by atoms with Crippen molar-refractivity contribution in [1.29, 1.82) is 0 Å². The maximum atomic E-state index is 12.8. The van der Waals surface area contributed by atoms with Gasteiger partial charge in [-0.05, 0) is 46.5 Å². The first-order chi connectivity index (χ1) is 10.2. The highest BCUT2D eigenvalue weighted by Gasteiger charge is 2.33. The smallest absolute Gasteiger partial charge is 0.255 e. The molecule has 2 aromatic rings. The summed E-state index contributed by atoms with van der Waals surface area (Å²) in [4.78, 5) is 14.8. The van der Waals surface area contributed by atoms with E-state index in [0.29, 0.717) is 28.3 Å². The molecule has 0 atom stereocenters. The molecule has 3 rings (SSSR count). The van der Waals surface area contributed by atoms with Crippen LogP contribution in [0.1, 0.15) is 28.8 Å². The summed E-state index contributed by atoms with van der Waals surface area (Å²) in [6, 6.07) is 15.9. The summed E-state index contributed by atoms with van der Waals surface area (Å²) < 4.78 is 0.689. The fraction of sp³-hybridized carbons (Fsp3) is 0.235.